The zero-order valence-electron chi connectivity index (χ0n) is 11.2. The lowest BCUT2D eigenvalue weighted by atomic mass is 10.2. The van der Waals surface area contributed by atoms with E-state index in [0.29, 0.717) is 13.2 Å². The van der Waals surface area contributed by atoms with Crippen molar-refractivity contribution < 1.29 is 17.9 Å². The monoisotopic (exact) mass is 320 g/mol. The number of hydrogen-bond donors (Lipinski definition) is 2. The number of halogens is 1. The van der Waals surface area contributed by atoms with Crippen molar-refractivity contribution in [2.75, 3.05) is 13.2 Å². The highest BCUT2D eigenvalue weighted by molar-refractivity contribution is 7.89. The number of primary sulfonamides is 1. The Morgan fingerprint density at radius 2 is 2.15 bits per heavy atom. The highest BCUT2D eigenvalue weighted by Crippen LogP contribution is 2.19. The molecule has 1 aromatic carbocycles. The molecule has 1 aromatic rings. The van der Waals surface area contributed by atoms with Crippen LogP contribution in [0.15, 0.2) is 23.1 Å². The number of sulfonamides is 1. The summed E-state index contributed by atoms with van der Waals surface area (Å²) in [5.41, 5.74) is 0.0570. The summed E-state index contributed by atoms with van der Waals surface area (Å²) in [6.07, 6.45) is 0. The number of nitrogens with two attached hydrogens (primary N) is 1. The number of benzene rings is 1. The van der Waals surface area contributed by atoms with Gasteiger partial charge in [-0.15, -0.1) is 0 Å². The smallest absolute Gasteiger partial charge is 0.253 e. The van der Waals surface area contributed by atoms with Gasteiger partial charge in [-0.1, -0.05) is 11.6 Å². The Hall–Kier alpha value is -1.15. The summed E-state index contributed by atoms with van der Waals surface area (Å²) in [4.78, 5) is 11.9. The minimum atomic E-state index is -3.88. The van der Waals surface area contributed by atoms with E-state index < -0.39 is 15.9 Å². The number of ether oxygens (including phenoxy) is 1. The third kappa shape index (κ3) is 4.75. The van der Waals surface area contributed by atoms with Crippen LogP contribution >= 0.6 is 11.6 Å². The molecule has 0 heterocycles. The van der Waals surface area contributed by atoms with E-state index in [2.05, 4.69) is 5.32 Å². The van der Waals surface area contributed by atoms with Crippen molar-refractivity contribution >= 4 is 27.5 Å². The molecule has 0 aliphatic rings. The van der Waals surface area contributed by atoms with Crippen LogP contribution in [-0.4, -0.2) is 33.6 Å². The van der Waals surface area contributed by atoms with Crippen molar-refractivity contribution in [3.8, 4) is 0 Å². The van der Waals surface area contributed by atoms with E-state index in [1.54, 1.807) is 6.92 Å². The number of amides is 1. The zero-order valence-corrected chi connectivity index (χ0v) is 12.8. The fourth-order valence-electron chi connectivity index (χ4n) is 1.49. The summed E-state index contributed by atoms with van der Waals surface area (Å²) in [7, 11) is -3.88. The molecule has 0 saturated heterocycles. The fourth-order valence-corrected chi connectivity index (χ4v) is 2.24. The molecule has 1 rings (SSSR count). The van der Waals surface area contributed by atoms with Crippen molar-refractivity contribution in [2.24, 2.45) is 5.14 Å². The number of carbonyl (C=O) groups is 1. The van der Waals surface area contributed by atoms with Crippen molar-refractivity contribution in [3.05, 3.63) is 28.8 Å². The SMILES string of the molecule is CCOCC(C)NC(=O)c1cc(S(N)(=O)=O)ccc1Cl. The van der Waals surface area contributed by atoms with Gasteiger partial charge in [-0.25, -0.2) is 13.6 Å². The molecule has 1 atom stereocenters. The second kappa shape index (κ2) is 7.03. The lowest BCUT2D eigenvalue weighted by molar-refractivity contribution is 0.0872. The summed E-state index contributed by atoms with van der Waals surface area (Å²) >= 11 is 5.90. The first-order valence-corrected chi connectivity index (χ1v) is 7.89. The molecule has 1 amide bonds. The molecule has 6 nitrogen and oxygen atoms in total. The third-order valence-electron chi connectivity index (χ3n) is 2.46. The first kappa shape index (κ1) is 16.9. The first-order chi connectivity index (χ1) is 9.25. The average molecular weight is 321 g/mol. The topological polar surface area (TPSA) is 98.5 Å². The lowest BCUT2D eigenvalue weighted by Crippen LogP contribution is -2.36. The van der Waals surface area contributed by atoms with Crippen molar-refractivity contribution in [3.63, 3.8) is 0 Å². The molecule has 0 aromatic heterocycles. The van der Waals surface area contributed by atoms with Gasteiger partial charge in [0.25, 0.3) is 5.91 Å². The van der Waals surface area contributed by atoms with E-state index in [0.717, 1.165) is 6.07 Å². The molecule has 0 fully saturated rings. The molecule has 0 bridgehead atoms. The first-order valence-electron chi connectivity index (χ1n) is 5.96. The van der Waals surface area contributed by atoms with Crippen LogP contribution in [0.4, 0.5) is 0 Å². The Morgan fingerprint density at radius 1 is 1.50 bits per heavy atom. The average Bonchev–Trinajstić information content (AvgIpc) is 2.35. The highest BCUT2D eigenvalue weighted by Gasteiger charge is 2.17. The summed E-state index contributed by atoms with van der Waals surface area (Å²) in [5.74, 6) is -0.479. The maximum atomic E-state index is 12.0. The van der Waals surface area contributed by atoms with Crippen LogP contribution in [-0.2, 0) is 14.8 Å². The molecule has 0 saturated carbocycles. The molecular formula is C12H17ClN2O4S. The lowest BCUT2D eigenvalue weighted by Gasteiger charge is -2.14. The van der Waals surface area contributed by atoms with Gasteiger partial charge < -0.3 is 10.1 Å². The minimum absolute atomic E-state index is 0.0570. The molecule has 20 heavy (non-hydrogen) atoms. The van der Waals surface area contributed by atoms with E-state index >= 15 is 0 Å². The fraction of sp³-hybridized carbons (Fsp3) is 0.417. The molecule has 8 heteroatoms. The van der Waals surface area contributed by atoms with Gasteiger partial charge in [0.05, 0.1) is 22.1 Å². The van der Waals surface area contributed by atoms with E-state index in [4.69, 9.17) is 21.5 Å². The van der Waals surface area contributed by atoms with Gasteiger partial charge in [0.1, 0.15) is 0 Å². The molecule has 3 N–H and O–H groups in total. The maximum absolute atomic E-state index is 12.0. The van der Waals surface area contributed by atoms with Crippen LogP contribution in [0.3, 0.4) is 0 Å². The summed E-state index contributed by atoms with van der Waals surface area (Å²) in [5, 5.41) is 7.84. The normalized spacial score (nSPS) is 13.0. The van der Waals surface area contributed by atoms with E-state index in [-0.39, 0.29) is 21.5 Å². The zero-order chi connectivity index (χ0) is 15.3. The molecule has 0 spiro atoms. The summed E-state index contributed by atoms with van der Waals surface area (Å²) < 4.78 is 27.7. The van der Waals surface area contributed by atoms with Gasteiger partial charge in [-0.2, -0.15) is 0 Å². The molecule has 112 valence electrons. The molecule has 1 unspecified atom stereocenters. The third-order valence-corrected chi connectivity index (χ3v) is 3.70. The molecule has 0 aliphatic heterocycles. The Morgan fingerprint density at radius 3 is 2.70 bits per heavy atom. The highest BCUT2D eigenvalue weighted by atomic mass is 35.5. The van der Waals surface area contributed by atoms with Crippen LogP contribution in [0.2, 0.25) is 5.02 Å². The van der Waals surface area contributed by atoms with Crippen LogP contribution < -0.4 is 10.5 Å². The second-order valence-electron chi connectivity index (χ2n) is 4.22. The Bertz CT molecular complexity index is 589. The predicted molar refractivity (Wildman–Crippen MR) is 76.2 cm³/mol. The molecular weight excluding hydrogens is 304 g/mol. The number of hydrogen-bond acceptors (Lipinski definition) is 4. The predicted octanol–water partition coefficient (Wildman–Crippen LogP) is 1.14. The van der Waals surface area contributed by atoms with Crippen molar-refractivity contribution in [1.82, 2.24) is 5.32 Å². The van der Waals surface area contributed by atoms with Gasteiger partial charge in [0.2, 0.25) is 10.0 Å². The number of nitrogens with one attached hydrogen (secondary N) is 1. The maximum Gasteiger partial charge on any atom is 0.253 e. The number of carbonyl (C=O) groups excluding carboxylic acids is 1. The van der Waals surface area contributed by atoms with Gasteiger partial charge >= 0.3 is 0 Å². The molecule has 0 aliphatic carbocycles. The van der Waals surface area contributed by atoms with Gasteiger partial charge in [0.15, 0.2) is 0 Å². The summed E-state index contributed by atoms with van der Waals surface area (Å²) in [6, 6.07) is 3.50. The number of rotatable bonds is 6. The Kier molecular flexibility index (Phi) is 5.94. The quantitative estimate of drug-likeness (QED) is 0.821. The Balaban J connectivity index is 2.93. The van der Waals surface area contributed by atoms with Crippen LogP contribution in [0.5, 0.6) is 0 Å². The van der Waals surface area contributed by atoms with E-state index in [9.17, 15) is 13.2 Å². The summed E-state index contributed by atoms with van der Waals surface area (Å²) in [6.45, 7) is 4.52. The van der Waals surface area contributed by atoms with Gasteiger partial charge in [0, 0.05) is 12.6 Å². The van der Waals surface area contributed by atoms with Crippen LogP contribution in [0.25, 0.3) is 0 Å². The Labute approximate surface area is 123 Å². The second-order valence-corrected chi connectivity index (χ2v) is 6.19. The van der Waals surface area contributed by atoms with Gasteiger partial charge in [-0.05, 0) is 32.0 Å². The van der Waals surface area contributed by atoms with E-state index in [1.807, 2.05) is 6.92 Å². The van der Waals surface area contributed by atoms with Crippen LogP contribution in [0, 0.1) is 0 Å². The minimum Gasteiger partial charge on any atom is -0.380 e. The molecule has 0 radical (unpaired) electrons. The van der Waals surface area contributed by atoms with Crippen molar-refractivity contribution in [2.45, 2.75) is 24.8 Å². The van der Waals surface area contributed by atoms with Crippen molar-refractivity contribution in [1.29, 1.82) is 0 Å². The standard InChI is InChI=1S/C12H17ClN2O4S/c1-3-19-7-8(2)15-12(16)10-6-9(20(14,17)18)4-5-11(10)13/h4-6,8H,3,7H2,1-2H3,(H,15,16)(H2,14,17,18). The van der Waals surface area contributed by atoms with E-state index in [1.165, 1.54) is 12.1 Å². The largest absolute Gasteiger partial charge is 0.380 e. The van der Waals surface area contributed by atoms with Crippen LogP contribution in [0.1, 0.15) is 24.2 Å². The van der Waals surface area contributed by atoms with Gasteiger partial charge in [-0.3, -0.25) is 4.79 Å².